The number of benzene rings is 2. The molecule has 5 nitrogen and oxygen atoms in total. The second kappa shape index (κ2) is 7.68. The molecule has 6 rings (SSSR count). The Hall–Kier alpha value is -3.76. The first-order chi connectivity index (χ1) is 16.2. The van der Waals surface area contributed by atoms with Crippen LogP contribution in [0.1, 0.15) is 12.0 Å². The quantitative estimate of drug-likeness (QED) is 0.256. The number of hydrogen-bond acceptors (Lipinski definition) is 6. The van der Waals surface area contributed by atoms with Gasteiger partial charge in [0.2, 0.25) is 0 Å². The molecule has 2 fully saturated rings. The van der Waals surface area contributed by atoms with Crippen LogP contribution in [-0.2, 0) is 4.79 Å². The number of aldehydes is 1. The van der Waals surface area contributed by atoms with Gasteiger partial charge in [0.1, 0.15) is 22.5 Å². The highest BCUT2D eigenvalue weighted by Crippen LogP contribution is 2.43. The van der Waals surface area contributed by atoms with E-state index in [0.29, 0.717) is 28.7 Å². The lowest BCUT2D eigenvalue weighted by Gasteiger charge is -2.47. The number of carbonyl (C=O) groups excluding carboxylic acids is 1. The number of hydrogen-bond donors (Lipinski definition) is 0. The van der Waals surface area contributed by atoms with Crippen LogP contribution in [0.25, 0.3) is 32.9 Å². The summed E-state index contributed by atoms with van der Waals surface area (Å²) in [4.78, 5) is 19.7. The van der Waals surface area contributed by atoms with Crippen molar-refractivity contribution in [2.75, 3.05) is 18.0 Å². The van der Waals surface area contributed by atoms with Crippen molar-refractivity contribution in [2.45, 2.75) is 18.5 Å². The molecule has 0 saturated carbocycles. The predicted molar refractivity (Wildman–Crippen MR) is 130 cm³/mol. The van der Waals surface area contributed by atoms with E-state index in [1.165, 1.54) is 17.6 Å². The second-order valence-corrected chi connectivity index (χ2v) is 9.07. The van der Waals surface area contributed by atoms with Crippen molar-refractivity contribution in [3.05, 3.63) is 66.3 Å². The van der Waals surface area contributed by atoms with Crippen LogP contribution in [-0.4, -0.2) is 45.7 Å². The number of allylic oxidation sites excluding steroid dienone is 1. The Kier molecular flexibility index (Phi) is 4.63. The first-order valence-electron chi connectivity index (χ1n) is 10.8. The van der Waals surface area contributed by atoms with Crippen LogP contribution in [0.4, 0.5) is 9.39 Å². The maximum atomic E-state index is 15.7. The number of aromatic nitrogens is 2. The summed E-state index contributed by atoms with van der Waals surface area (Å²) in [6.07, 6.45) is 12.6. The van der Waals surface area contributed by atoms with Gasteiger partial charge >= 0.3 is 0 Å². The zero-order chi connectivity index (χ0) is 22.5. The van der Waals surface area contributed by atoms with Crippen LogP contribution in [0.5, 0.6) is 0 Å². The molecule has 162 valence electrons. The van der Waals surface area contributed by atoms with E-state index in [-0.39, 0.29) is 5.69 Å². The molecule has 2 atom stereocenters. The third-order valence-corrected chi connectivity index (χ3v) is 7.62. The molecule has 7 heteroatoms. The number of fused-ring (bicyclic) bond motifs is 3. The summed E-state index contributed by atoms with van der Waals surface area (Å²) in [6.45, 7) is 1.73. The van der Waals surface area contributed by atoms with Gasteiger partial charge in [-0.1, -0.05) is 36.3 Å². The van der Waals surface area contributed by atoms with Gasteiger partial charge in [-0.05, 0) is 35.5 Å². The van der Waals surface area contributed by atoms with E-state index < -0.39 is 5.82 Å². The average Bonchev–Trinajstić information content (AvgIpc) is 3.39. The van der Waals surface area contributed by atoms with E-state index in [4.69, 9.17) is 6.42 Å². The van der Waals surface area contributed by atoms with Crippen LogP contribution < -0.4 is 4.90 Å². The molecule has 0 unspecified atom stereocenters. The summed E-state index contributed by atoms with van der Waals surface area (Å²) < 4.78 is 20.2. The minimum absolute atomic E-state index is 0.264. The lowest BCUT2D eigenvalue weighted by molar-refractivity contribution is -0.104. The lowest BCUT2D eigenvalue weighted by atomic mass is 9.96. The van der Waals surface area contributed by atoms with E-state index in [0.717, 1.165) is 47.0 Å². The number of terminal acetylenes is 1. The van der Waals surface area contributed by atoms with Crippen molar-refractivity contribution < 1.29 is 9.18 Å². The molecule has 0 spiro atoms. The number of pyridine rings is 1. The summed E-state index contributed by atoms with van der Waals surface area (Å²) in [6, 6.07) is 12.1. The molecule has 4 heterocycles. The fourth-order valence-electron chi connectivity index (χ4n) is 5.13. The molecule has 4 aromatic rings. The largest absolute Gasteiger partial charge is 0.370 e. The number of rotatable bonds is 4. The normalized spacial score (nSPS) is 19.8. The molecule has 0 N–H and O–H groups in total. The van der Waals surface area contributed by atoms with Gasteiger partial charge < -0.3 is 9.80 Å². The number of likely N-dealkylation sites (tertiary alicyclic amines) is 1. The van der Waals surface area contributed by atoms with Crippen molar-refractivity contribution in [2.24, 2.45) is 0 Å². The fraction of sp³-hybridized carbons (Fsp3) is 0.192. The molecular formula is C26H19FN4OS. The zero-order valence-electron chi connectivity index (χ0n) is 17.6. The summed E-state index contributed by atoms with van der Waals surface area (Å²) in [5, 5.41) is 3.46. The Bertz CT molecular complexity index is 1480. The Labute approximate surface area is 194 Å². The molecule has 0 aliphatic carbocycles. The Morgan fingerprint density at radius 1 is 1.21 bits per heavy atom. The third-order valence-electron chi connectivity index (χ3n) is 6.72. The van der Waals surface area contributed by atoms with Gasteiger partial charge in [0.05, 0.1) is 17.5 Å². The standard InChI is InChI=1S/C26H19FN4OS/c1-2-16-6-3-7-17-8-4-9-18(22(16)17)24-23(27)25-19(14-28-24)26(33-29-25)31-15-21-20(31)10-12-30(21)11-5-13-32/h1,3-9,11,13-14,20-21H,10,12,15H2/t20-,21-/m1/s1. The Morgan fingerprint density at radius 3 is 2.88 bits per heavy atom. The van der Waals surface area contributed by atoms with Gasteiger partial charge in [-0.15, -0.1) is 6.42 Å². The second-order valence-electron chi connectivity index (χ2n) is 8.32. The SMILES string of the molecule is C#Cc1cccc2cccc(-c3ncc4c(N5C[C@@H]6[C@H]5CCN6C=CC=O)snc4c3F)c12. The fourth-order valence-corrected chi connectivity index (χ4v) is 6.05. The van der Waals surface area contributed by atoms with E-state index in [1.807, 2.05) is 42.6 Å². The molecule has 2 aliphatic heterocycles. The van der Waals surface area contributed by atoms with Gasteiger partial charge in [-0.25, -0.2) is 4.39 Å². The molecule has 2 saturated heterocycles. The van der Waals surface area contributed by atoms with Crippen molar-refractivity contribution >= 4 is 44.5 Å². The van der Waals surface area contributed by atoms with E-state index >= 15 is 4.39 Å². The smallest absolute Gasteiger partial charge is 0.176 e. The minimum Gasteiger partial charge on any atom is -0.370 e. The summed E-state index contributed by atoms with van der Waals surface area (Å²) in [5.74, 6) is 2.29. The van der Waals surface area contributed by atoms with Crippen LogP contribution >= 0.6 is 11.5 Å². The molecular weight excluding hydrogens is 435 g/mol. The summed E-state index contributed by atoms with van der Waals surface area (Å²) in [7, 11) is 0. The van der Waals surface area contributed by atoms with E-state index in [2.05, 4.69) is 25.1 Å². The van der Waals surface area contributed by atoms with Gasteiger partial charge in [-0.3, -0.25) is 9.78 Å². The molecule has 2 aromatic carbocycles. The predicted octanol–water partition coefficient (Wildman–Crippen LogP) is 4.61. The van der Waals surface area contributed by atoms with E-state index in [1.54, 1.807) is 6.20 Å². The molecule has 33 heavy (non-hydrogen) atoms. The topological polar surface area (TPSA) is 49.3 Å². The molecule has 0 amide bonds. The van der Waals surface area contributed by atoms with Gasteiger partial charge in [0, 0.05) is 42.0 Å². The van der Waals surface area contributed by atoms with Crippen LogP contribution in [0, 0.1) is 18.2 Å². The van der Waals surface area contributed by atoms with Gasteiger partial charge in [0.15, 0.2) is 5.82 Å². The van der Waals surface area contributed by atoms with Crippen molar-refractivity contribution in [1.29, 1.82) is 0 Å². The third kappa shape index (κ3) is 2.95. The average molecular weight is 455 g/mol. The van der Waals surface area contributed by atoms with Crippen LogP contribution in [0.3, 0.4) is 0 Å². The minimum atomic E-state index is -0.423. The van der Waals surface area contributed by atoms with E-state index in [9.17, 15) is 4.79 Å². The molecule has 0 radical (unpaired) electrons. The number of carbonyl (C=O) groups is 1. The monoisotopic (exact) mass is 454 g/mol. The zero-order valence-corrected chi connectivity index (χ0v) is 18.4. The van der Waals surface area contributed by atoms with Gasteiger partial charge in [-0.2, -0.15) is 4.37 Å². The van der Waals surface area contributed by atoms with Crippen molar-refractivity contribution in [3.8, 4) is 23.6 Å². The molecule has 2 aromatic heterocycles. The molecule has 2 aliphatic rings. The first kappa shape index (κ1) is 19.9. The summed E-state index contributed by atoms with van der Waals surface area (Å²) in [5.41, 5.74) is 1.99. The Balaban J connectivity index is 1.40. The number of halogens is 1. The first-order valence-corrected chi connectivity index (χ1v) is 11.6. The highest BCUT2D eigenvalue weighted by Gasteiger charge is 2.47. The van der Waals surface area contributed by atoms with Crippen molar-refractivity contribution in [3.63, 3.8) is 0 Å². The van der Waals surface area contributed by atoms with Crippen LogP contribution in [0.15, 0.2) is 54.9 Å². The number of nitrogens with zero attached hydrogens (tertiary/aromatic N) is 4. The Morgan fingerprint density at radius 2 is 2.06 bits per heavy atom. The maximum Gasteiger partial charge on any atom is 0.176 e. The summed E-state index contributed by atoms with van der Waals surface area (Å²) >= 11 is 1.31. The highest BCUT2D eigenvalue weighted by molar-refractivity contribution is 7.11. The maximum absolute atomic E-state index is 15.7. The number of anilines is 1. The lowest BCUT2D eigenvalue weighted by Crippen LogP contribution is -2.61. The highest BCUT2D eigenvalue weighted by atomic mass is 32.1. The van der Waals surface area contributed by atoms with Crippen molar-refractivity contribution in [1.82, 2.24) is 14.3 Å². The van der Waals surface area contributed by atoms with Crippen LogP contribution in [0.2, 0.25) is 0 Å². The molecule has 0 bridgehead atoms. The van der Waals surface area contributed by atoms with Gasteiger partial charge in [0.25, 0.3) is 0 Å².